The van der Waals surface area contributed by atoms with E-state index >= 15 is 0 Å². The molecule has 1 aromatic rings. The van der Waals surface area contributed by atoms with Gasteiger partial charge in [-0.3, -0.25) is 0 Å². The highest BCUT2D eigenvalue weighted by atomic mass is 32.2. The number of aromatic nitrogens is 1. The summed E-state index contributed by atoms with van der Waals surface area (Å²) in [5.74, 6) is -0.529. The molecule has 19 heavy (non-hydrogen) atoms. The maximum Gasteiger partial charge on any atom is 0.263 e. The van der Waals surface area contributed by atoms with E-state index in [2.05, 4.69) is 10.3 Å². The first-order valence-electron chi connectivity index (χ1n) is 6.31. The lowest BCUT2D eigenvalue weighted by Crippen LogP contribution is -2.42. The molecule has 106 valence electrons. The van der Waals surface area contributed by atoms with E-state index in [9.17, 15) is 12.8 Å². The van der Waals surface area contributed by atoms with Gasteiger partial charge in [-0.2, -0.15) is 4.31 Å². The fourth-order valence-corrected chi connectivity index (χ4v) is 3.91. The number of nitrogens with zero attached hydrogens (tertiary/aromatic N) is 2. The summed E-state index contributed by atoms with van der Waals surface area (Å²) in [5.41, 5.74) is 0. The van der Waals surface area contributed by atoms with Gasteiger partial charge in [0.05, 0.1) is 0 Å². The lowest BCUT2D eigenvalue weighted by Gasteiger charge is -2.31. The van der Waals surface area contributed by atoms with Gasteiger partial charge in [-0.05, 0) is 44.5 Å². The Morgan fingerprint density at radius 3 is 3.05 bits per heavy atom. The lowest BCUT2D eigenvalue weighted by atomic mass is 10.00. The Morgan fingerprint density at radius 2 is 2.37 bits per heavy atom. The standard InChI is InChI=1S/C12H18FN3O2S/c1-14-8-10-4-3-7-16(9-10)19(17,18)12-11(13)5-2-6-15-12/h2,5-6,10,14H,3-4,7-9H2,1H3. The van der Waals surface area contributed by atoms with Crippen molar-refractivity contribution in [3.05, 3.63) is 24.1 Å². The van der Waals surface area contributed by atoms with Gasteiger partial charge >= 0.3 is 0 Å². The summed E-state index contributed by atoms with van der Waals surface area (Å²) in [6.07, 6.45) is 3.07. The van der Waals surface area contributed by atoms with Crippen molar-refractivity contribution in [2.75, 3.05) is 26.7 Å². The van der Waals surface area contributed by atoms with Crippen molar-refractivity contribution in [2.24, 2.45) is 5.92 Å². The molecule has 1 unspecified atom stereocenters. The zero-order valence-corrected chi connectivity index (χ0v) is 11.7. The largest absolute Gasteiger partial charge is 0.319 e. The first-order chi connectivity index (χ1) is 9.05. The highest BCUT2D eigenvalue weighted by Crippen LogP contribution is 2.23. The monoisotopic (exact) mass is 287 g/mol. The second kappa shape index (κ2) is 5.94. The molecule has 0 spiro atoms. The molecule has 5 nitrogen and oxygen atoms in total. The van der Waals surface area contributed by atoms with Crippen LogP contribution in [-0.2, 0) is 10.0 Å². The first kappa shape index (κ1) is 14.4. The Bertz CT molecular complexity index is 534. The van der Waals surface area contributed by atoms with Crippen LogP contribution < -0.4 is 5.32 Å². The molecule has 2 rings (SSSR count). The molecule has 0 bridgehead atoms. The SMILES string of the molecule is CNCC1CCCN(S(=O)(=O)c2ncccc2F)C1. The highest BCUT2D eigenvalue weighted by Gasteiger charge is 2.32. The molecule has 1 saturated heterocycles. The van der Waals surface area contributed by atoms with Gasteiger partial charge in [0, 0.05) is 19.3 Å². The third-order valence-electron chi connectivity index (χ3n) is 3.28. The van der Waals surface area contributed by atoms with Gasteiger partial charge in [0.15, 0.2) is 5.82 Å². The Balaban J connectivity index is 2.22. The van der Waals surface area contributed by atoms with E-state index in [0.717, 1.165) is 25.5 Å². The van der Waals surface area contributed by atoms with E-state index in [4.69, 9.17) is 0 Å². The third-order valence-corrected chi connectivity index (χ3v) is 5.08. The van der Waals surface area contributed by atoms with Crippen LogP contribution in [0.1, 0.15) is 12.8 Å². The van der Waals surface area contributed by atoms with Crippen molar-refractivity contribution in [3.8, 4) is 0 Å². The average molecular weight is 287 g/mol. The van der Waals surface area contributed by atoms with Crippen LogP contribution in [-0.4, -0.2) is 44.4 Å². The van der Waals surface area contributed by atoms with Crippen LogP contribution in [0.15, 0.2) is 23.4 Å². The number of hydrogen-bond donors (Lipinski definition) is 1. The van der Waals surface area contributed by atoms with Gasteiger partial charge in [-0.1, -0.05) is 0 Å². The minimum Gasteiger partial charge on any atom is -0.319 e. The summed E-state index contributed by atoms with van der Waals surface area (Å²) in [4.78, 5) is 3.68. The van der Waals surface area contributed by atoms with Crippen LogP contribution in [0, 0.1) is 11.7 Å². The van der Waals surface area contributed by atoms with Crippen molar-refractivity contribution < 1.29 is 12.8 Å². The smallest absolute Gasteiger partial charge is 0.263 e. The van der Waals surface area contributed by atoms with Gasteiger partial charge in [0.25, 0.3) is 10.0 Å². The second-order valence-corrected chi connectivity index (χ2v) is 6.57. The lowest BCUT2D eigenvalue weighted by molar-refractivity contribution is 0.262. The maximum absolute atomic E-state index is 13.6. The number of rotatable bonds is 4. The predicted octanol–water partition coefficient (Wildman–Crippen LogP) is 0.841. The molecule has 0 saturated carbocycles. The first-order valence-corrected chi connectivity index (χ1v) is 7.75. The normalized spacial score (nSPS) is 21.5. The van der Waals surface area contributed by atoms with E-state index in [0.29, 0.717) is 13.1 Å². The number of halogens is 1. The predicted molar refractivity (Wildman–Crippen MR) is 69.6 cm³/mol. The second-order valence-electron chi connectivity index (χ2n) is 4.72. The Morgan fingerprint density at radius 1 is 1.58 bits per heavy atom. The molecule has 7 heteroatoms. The summed E-state index contributed by atoms with van der Waals surface area (Å²) in [5, 5.41) is 2.58. The van der Waals surface area contributed by atoms with Crippen molar-refractivity contribution in [1.29, 1.82) is 0 Å². The molecule has 1 atom stereocenters. The van der Waals surface area contributed by atoms with Gasteiger partial charge < -0.3 is 5.32 Å². The Kier molecular flexibility index (Phi) is 4.49. The van der Waals surface area contributed by atoms with E-state index in [1.807, 2.05) is 7.05 Å². The summed E-state index contributed by atoms with van der Waals surface area (Å²) in [7, 11) is -1.99. The number of sulfonamides is 1. The Labute approximate surface area is 112 Å². The third kappa shape index (κ3) is 3.10. The molecule has 0 aromatic carbocycles. The number of piperidine rings is 1. The zero-order chi connectivity index (χ0) is 13.9. The molecule has 1 aromatic heterocycles. The topological polar surface area (TPSA) is 62.3 Å². The average Bonchev–Trinajstić information content (AvgIpc) is 2.40. The van der Waals surface area contributed by atoms with Crippen molar-refractivity contribution in [2.45, 2.75) is 17.9 Å². The molecule has 1 aliphatic rings. The molecule has 0 amide bonds. The highest BCUT2D eigenvalue weighted by molar-refractivity contribution is 7.89. The molecular formula is C12H18FN3O2S. The quantitative estimate of drug-likeness (QED) is 0.891. The van der Waals surface area contributed by atoms with E-state index in [-0.39, 0.29) is 5.92 Å². The molecule has 0 aliphatic carbocycles. The van der Waals surface area contributed by atoms with Crippen LogP contribution >= 0.6 is 0 Å². The van der Waals surface area contributed by atoms with Crippen molar-refractivity contribution in [3.63, 3.8) is 0 Å². The minimum absolute atomic E-state index is 0.264. The molecular weight excluding hydrogens is 269 g/mol. The van der Waals surface area contributed by atoms with Crippen LogP contribution in [0.5, 0.6) is 0 Å². The summed E-state index contributed by atoms with van der Waals surface area (Å²) in [6.45, 7) is 1.61. The minimum atomic E-state index is -3.82. The van der Waals surface area contributed by atoms with Crippen LogP contribution in [0.25, 0.3) is 0 Å². The van der Waals surface area contributed by atoms with Gasteiger partial charge in [-0.25, -0.2) is 17.8 Å². The van der Waals surface area contributed by atoms with E-state index in [1.165, 1.54) is 16.6 Å². The van der Waals surface area contributed by atoms with E-state index in [1.54, 1.807) is 0 Å². The van der Waals surface area contributed by atoms with Crippen LogP contribution in [0.3, 0.4) is 0 Å². The van der Waals surface area contributed by atoms with Crippen LogP contribution in [0.2, 0.25) is 0 Å². The van der Waals surface area contributed by atoms with Gasteiger partial charge in [0.1, 0.15) is 0 Å². The van der Waals surface area contributed by atoms with Crippen molar-refractivity contribution >= 4 is 10.0 Å². The van der Waals surface area contributed by atoms with Crippen LogP contribution in [0.4, 0.5) is 4.39 Å². The number of hydrogen-bond acceptors (Lipinski definition) is 4. The van der Waals surface area contributed by atoms with Crippen molar-refractivity contribution in [1.82, 2.24) is 14.6 Å². The molecule has 1 fully saturated rings. The summed E-state index contributed by atoms with van der Waals surface area (Å²) in [6, 6.07) is 2.50. The molecule has 1 aliphatic heterocycles. The maximum atomic E-state index is 13.6. The summed E-state index contributed by atoms with van der Waals surface area (Å²) < 4.78 is 39.7. The molecule has 1 N–H and O–H groups in total. The number of nitrogens with one attached hydrogen (secondary N) is 1. The molecule has 0 radical (unpaired) electrons. The van der Waals surface area contributed by atoms with Gasteiger partial charge in [0.2, 0.25) is 5.03 Å². The number of pyridine rings is 1. The zero-order valence-electron chi connectivity index (χ0n) is 10.8. The van der Waals surface area contributed by atoms with E-state index < -0.39 is 20.9 Å². The van der Waals surface area contributed by atoms with Gasteiger partial charge in [-0.15, -0.1) is 0 Å². The molecule has 2 heterocycles. The fourth-order valence-electron chi connectivity index (χ4n) is 2.38. The Hall–Kier alpha value is -1.05. The summed E-state index contributed by atoms with van der Waals surface area (Å²) >= 11 is 0. The fraction of sp³-hybridized carbons (Fsp3) is 0.583.